The molecule has 2 atom stereocenters. The first-order valence-corrected chi connectivity index (χ1v) is 13.3. The van der Waals surface area contributed by atoms with Crippen molar-refractivity contribution in [1.82, 2.24) is 9.29 Å². The van der Waals surface area contributed by atoms with Crippen molar-refractivity contribution < 1.29 is 22.7 Å². The van der Waals surface area contributed by atoms with Crippen LogP contribution in [0.1, 0.15) is 31.2 Å². The van der Waals surface area contributed by atoms with E-state index in [0.717, 1.165) is 28.6 Å². The molecular formula is C21H29N3O5S2. The molecule has 1 aromatic carbocycles. The Kier molecular flexibility index (Phi) is 6.52. The number of hydrogen-bond acceptors (Lipinski definition) is 7. The monoisotopic (exact) mass is 467 g/mol. The highest BCUT2D eigenvalue weighted by Crippen LogP contribution is 2.37. The van der Waals surface area contributed by atoms with Crippen molar-refractivity contribution in [3.63, 3.8) is 0 Å². The van der Waals surface area contributed by atoms with E-state index in [1.165, 1.54) is 21.9 Å². The number of benzene rings is 1. The molecule has 0 bridgehead atoms. The molecule has 2 aliphatic heterocycles. The molecule has 0 N–H and O–H groups in total. The fourth-order valence-electron chi connectivity index (χ4n) is 4.30. The van der Waals surface area contributed by atoms with Crippen molar-refractivity contribution in [1.29, 1.82) is 0 Å². The number of hydrogen-bond donors (Lipinski definition) is 0. The summed E-state index contributed by atoms with van der Waals surface area (Å²) in [6.07, 6.45) is 4.38. The third-order valence-electron chi connectivity index (χ3n) is 6.02. The van der Waals surface area contributed by atoms with Crippen molar-refractivity contribution in [2.24, 2.45) is 5.92 Å². The Morgan fingerprint density at radius 1 is 1.35 bits per heavy atom. The third kappa shape index (κ3) is 4.72. The molecule has 1 aromatic heterocycles. The summed E-state index contributed by atoms with van der Waals surface area (Å²) in [5, 5.41) is 0.611. The fraction of sp³-hybridized carbons (Fsp3) is 0.619. The van der Waals surface area contributed by atoms with Gasteiger partial charge in [-0.15, -0.1) is 0 Å². The minimum Gasteiger partial charge on any atom is -0.494 e. The molecule has 0 radical (unpaired) electrons. The number of amides is 1. The molecule has 0 aliphatic carbocycles. The molecule has 170 valence electrons. The number of anilines is 1. The minimum absolute atomic E-state index is 0.0337. The van der Waals surface area contributed by atoms with Crippen LogP contribution in [-0.2, 0) is 19.6 Å². The average molecular weight is 468 g/mol. The van der Waals surface area contributed by atoms with Gasteiger partial charge < -0.3 is 9.47 Å². The average Bonchev–Trinajstić information content (AvgIpc) is 3.42. The molecule has 2 saturated heterocycles. The maximum atomic E-state index is 13.7. The van der Waals surface area contributed by atoms with Gasteiger partial charge in [0.05, 0.1) is 36.6 Å². The summed E-state index contributed by atoms with van der Waals surface area (Å²) < 4.78 is 37.8. The van der Waals surface area contributed by atoms with Crippen LogP contribution < -0.4 is 9.64 Å². The van der Waals surface area contributed by atoms with E-state index in [9.17, 15) is 13.2 Å². The van der Waals surface area contributed by atoms with Gasteiger partial charge in [0.25, 0.3) is 0 Å². The summed E-state index contributed by atoms with van der Waals surface area (Å²) in [7, 11) is -1.72. The number of fused-ring (bicyclic) bond motifs is 1. The zero-order chi connectivity index (χ0) is 22.2. The Morgan fingerprint density at radius 3 is 2.84 bits per heavy atom. The van der Waals surface area contributed by atoms with Crippen LogP contribution >= 0.6 is 11.3 Å². The van der Waals surface area contributed by atoms with E-state index in [0.29, 0.717) is 43.4 Å². The van der Waals surface area contributed by atoms with E-state index < -0.39 is 10.0 Å². The lowest BCUT2D eigenvalue weighted by Gasteiger charge is -2.33. The Bertz CT molecular complexity index is 1060. The molecule has 2 unspecified atom stereocenters. The molecule has 2 fully saturated rings. The predicted molar refractivity (Wildman–Crippen MR) is 121 cm³/mol. The first-order chi connectivity index (χ1) is 14.8. The van der Waals surface area contributed by atoms with Gasteiger partial charge >= 0.3 is 0 Å². The lowest BCUT2D eigenvalue weighted by atomic mass is 9.98. The van der Waals surface area contributed by atoms with E-state index in [4.69, 9.17) is 14.5 Å². The molecule has 10 heteroatoms. The van der Waals surface area contributed by atoms with Crippen molar-refractivity contribution in [2.45, 2.75) is 38.7 Å². The Labute approximate surface area is 187 Å². The van der Waals surface area contributed by atoms with Gasteiger partial charge in [-0.1, -0.05) is 17.4 Å². The molecule has 31 heavy (non-hydrogen) atoms. The largest absolute Gasteiger partial charge is 0.494 e. The summed E-state index contributed by atoms with van der Waals surface area (Å²) in [4.78, 5) is 20.2. The number of carbonyl (C=O) groups excluding carboxylic acids is 1. The summed E-state index contributed by atoms with van der Waals surface area (Å²) in [6.45, 7) is 3.82. The lowest BCUT2D eigenvalue weighted by Crippen LogP contribution is -2.48. The smallest absolute Gasteiger partial charge is 0.233 e. The van der Waals surface area contributed by atoms with Gasteiger partial charge in [0, 0.05) is 19.7 Å². The number of aryl methyl sites for hydroxylation is 1. The van der Waals surface area contributed by atoms with Gasteiger partial charge in [-0.25, -0.2) is 17.7 Å². The number of methoxy groups -OCH3 is 1. The molecule has 8 nitrogen and oxygen atoms in total. The van der Waals surface area contributed by atoms with Crippen LogP contribution in [0.4, 0.5) is 5.13 Å². The van der Waals surface area contributed by atoms with E-state index in [-0.39, 0.29) is 24.5 Å². The zero-order valence-electron chi connectivity index (χ0n) is 18.2. The second-order valence-corrected chi connectivity index (χ2v) is 11.3. The summed E-state index contributed by atoms with van der Waals surface area (Å²) in [6, 6.07) is 3.87. The van der Waals surface area contributed by atoms with Crippen molar-refractivity contribution in [3.8, 4) is 5.75 Å². The van der Waals surface area contributed by atoms with Gasteiger partial charge in [-0.05, 0) is 44.2 Å². The van der Waals surface area contributed by atoms with Gasteiger partial charge in [0.1, 0.15) is 11.3 Å². The molecular weight excluding hydrogens is 438 g/mol. The summed E-state index contributed by atoms with van der Waals surface area (Å²) >= 11 is 1.47. The molecule has 1 amide bonds. The molecule has 3 heterocycles. The highest BCUT2D eigenvalue weighted by atomic mass is 32.2. The SMILES string of the molecule is COc1ccc(C)c2sc(N(CC3CCCO3)C(=O)C3CCCN(S(C)(=O)=O)C3)nc12. The number of carbonyl (C=O) groups is 1. The predicted octanol–water partition coefficient (Wildman–Crippen LogP) is 2.80. The zero-order valence-corrected chi connectivity index (χ0v) is 19.8. The van der Waals surface area contributed by atoms with Gasteiger partial charge in [-0.3, -0.25) is 9.69 Å². The molecule has 4 rings (SSSR count). The number of ether oxygens (including phenoxy) is 2. The lowest BCUT2D eigenvalue weighted by molar-refractivity contribution is -0.123. The summed E-state index contributed by atoms with van der Waals surface area (Å²) in [5.74, 6) is 0.202. The topological polar surface area (TPSA) is 89.0 Å². The number of sulfonamides is 1. The maximum Gasteiger partial charge on any atom is 0.233 e. The normalized spacial score (nSPS) is 22.7. The first-order valence-electron chi connectivity index (χ1n) is 10.6. The van der Waals surface area contributed by atoms with Crippen LogP contribution in [0.15, 0.2) is 12.1 Å². The van der Waals surface area contributed by atoms with Crippen molar-refractivity contribution >= 4 is 42.6 Å². The molecule has 0 saturated carbocycles. The number of thiazole rings is 1. The van der Waals surface area contributed by atoms with Crippen molar-refractivity contribution in [3.05, 3.63) is 17.7 Å². The Balaban J connectivity index is 1.68. The fourth-order valence-corrected chi connectivity index (χ4v) is 6.28. The Morgan fingerprint density at radius 2 is 2.16 bits per heavy atom. The van der Waals surface area contributed by atoms with E-state index in [1.54, 1.807) is 12.0 Å². The third-order valence-corrected chi connectivity index (χ3v) is 8.50. The number of rotatable bonds is 6. The second-order valence-electron chi connectivity index (χ2n) is 8.30. The number of aromatic nitrogens is 1. The Hall–Kier alpha value is -1.75. The molecule has 2 aliphatic rings. The van der Waals surface area contributed by atoms with Gasteiger partial charge in [0.15, 0.2) is 5.13 Å². The van der Waals surface area contributed by atoms with Crippen LogP contribution in [-0.4, -0.2) is 69.3 Å². The van der Waals surface area contributed by atoms with E-state index >= 15 is 0 Å². The van der Waals surface area contributed by atoms with Crippen LogP contribution in [0.3, 0.4) is 0 Å². The minimum atomic E-state index is -3.33. The van der Waals surface area contributed by atoms with E-state index in [1.807, 2.05) is 19.1 Å². The molecule has 0 spiro atoms. The number of piperidine rings is 1. The summed E-state index contributed by atoms with van der Waals surface area (Å²) in [5.41, 5.74) is 1.82. The van der Waals surface area contributed by atoms with Crippen LogP contribution in [0.5, 0.6) is 5.75 Å². The second kappa shape index (κ2) is 9.01. The van der Waals surface area contributed by atoms with Crippen LogP contribution in [0.25, 0.3) is 10.2 Å². The van der Waals surface area contributed by atoms with E-state index in [2.05, 4.69) is 0 Å². The van der Waals surface area contributed by atoms with Crippen molar-refractivity contribution in [2.75, 3.05) is 44.5 Å². The van der Waals surface area contributed by atoms with Gasteiger partial charge in [0.2, 0.25) is 15.9 Å². The standard InChI is InChI=1S/C21H29N3O5S2/c1-14-8-9-17(28-2)18-19(14)30-21(22-18)24(13-16-7-5-11-29-16)20(25)15-6-4-10-23(12-15)31(3,26)27/h8-9,15-16H,4-7,10-13H2,1-3H3. The highest BCUT2D eigenvalue weighted by Gasteiger charge is 2.35. The quantitative estimate of drug-likeness (QED) is 0.649. The van der Waals surface area contributed by atoms with Gasteiger partial charge in [-0.2, -0.15) is 0 Å². The van der Waals surface area contributed by atoms with Crippen LogP contribution in [0, 0.1) is 12.8 Å². The van der Waals surface area contributed by atoms with Crippen LogP contribution in [0.2, 0.25) is 0 Å². The maximum absolute atomic E-state index is 13.7. The molecule has 2 aromatic rings. The number of nitrogens with zero attached hydrogens (tertiary/aromatic N) is 3. The highest BCUT2D eigenvalue weighted by molar-refractivity contribution is 7.88. The first kappa shape index (κ1) is 22.4.